The second-order valence-corrected chi connectivity index (χ2v) is 5.98. The third kappa shape index (κ3) is 4.21. The number of hydrogen-bond donors (Lipinski definition) is 0. The highest BCUT2D eigenvalue weighted by atomic mass is 19.2. The molecule has 28 heavy (non-hydrogen) atoms. The Kier molecular flexibility index (Phi) is 5.77. The quantitative estimate of drug-likeness (QED) is 0.562. The summed E-state index contributed by atoms with van der Waals surface area (Å²) in [6.07, 6.45) is 1.42. The van der Waals surface area contributed by atoms with E-state index in [0.29, 0.717) is 0 Å². The average Bonchev–Trinajstić information content (AvgIpc) is 3.12. The van der Waals surface area contributed by atoms with E-state index in [0.717, 1.165) is 24.3 Å². The van der Waals surface area contributed by atoms with Gasteiger partial charge in [0.15, 0.2) is 23.3 Å². The van der Waals surface area contributed by atoms with E-state index >= 15 is 0 Å². The second-order valence-electron chi connectivity index (χ2n) is 5.98. The van der Waals surface area contributed by atoms with Crippen molar-refractivity contribution in [3.05, 3.63) is 71.8 Å². The number of halogens is 4. The van der Waals surface area contributed by atoms with Gasteiger partial charge in [-0.3, -0.25) is 4.79 Å². The maximum Gasteiger partial charge on any atom is 0.227 e. The molecule has 1 amide bonds. The second kappa shape index (κ2) is 8.24. The van der Waals surface area contributed by atoms with Crippen molar-refractivity contribution in [1.82, 2.24) is 4.98 Å². The lowest BCUT2D eigenvalue weighted by Crippen LogP contribution is -2.30. The largest absolute Gasteiger partial charge is 0.441 e. The van der Waals surface area contributed by atoms with E-state index in [1.807, 2.05) is 0 Å². The third-order valence-electron chi connectivity index (χ3n) is 4.14. The van der Waals surface area contributed by atoms with Gasteiger partial charge in [0.25, 0.3) is 0 Å². The lowest BCUT2D eigenvalue weighted by Gasteiger charge is -2.21. The normalized spacial score (nSPS) is 10.9. The molecular weight excluding hydrogens is 376 g/mol. The average molecular weight is 392 g/mol. The van der Waals surface area contributed by atoms with Gasteiger partial charge in [-0.1, -0.05) is 0 Å². The molecule has 0 unspecified atom stereocenters. The number of benzene rings is 2. The number of aromatic nitrogens is 1. The highest BCUT2D eigenvalue weighted by Crippen LogP contribution is 2.25. The predicted octanol–water partition coefficient (Wildman–Crippen LogP) is 4.88. The number of carbonyl (C=O) groups excluding carboxylic acids is 1. The monoisotopic (exact) mass is 392 g/mol. The van der Waals surface area contributed by atoms with Gasteiger partial charge in [-0.2, -0.15) is 0 Å². The van der Waals surface area contributed by atoms with Crippen LogP contribution in [0, 0.1) is 23.3 Å². The van der Waals surface area contributed by atoms with Gasteiger partial charge in [0.1, 0.15) is 11.6 Å². The van der Waals surface area contributed by atoms with Gasteiger partial charge < -0.3 is 9.32 Å². The van der Waals surface area contributed by atoms with Crippen molar-refractivity contribution >= 4 is 11.6 Å². The smallest absolute Gasteiger partial charge is 0.227 e. The molecule has 1 aromatic heterocycles. The summed E-state index contributed by atoms with van der Waals surface area (Å²) in [6, 6.07) is 6.31. The van der Waals surface area contributed by atoms with Crippen LogP contribution in [0.2, 0.25) is 0 Å². The summed E-state index contributed by atoms with van der Waals surface area (Å²) in [5.74, 6) is -3.53. The van der Waals surface area contributed by atoms with Crippen molar-refractivity contribution in [1.29, 1.82) is 0 Å². The van der Waals surface area contributed by atoms with Gasteiger partial charge >= 0.3 is 0 Å². The molecule has 0 saturated carbocycles. The molecule has 0 aliphatic rings. The van der Waals surface area contributed by atoms with Crippen molar-refractivity contribution < 1.29 is 26.8 Å². The van der Waals surface area contributed by atoms with Crippen LogP contribution in [0.5, 0.6) is 0 Å². The maximum atomic E-state index is 13.8. The first-order chi connectivity index (χ1) is 13.4. The fourth-order valence-corrected chi connectivity index (χ4v) is 2.74. The Morgan fingerprint density at radius 2 is 1.82 bits per heavy atom. The first-order valence-corrected chi connectivity index (χ1v) is 8.54. The van der Waals surface area contributed by atoms with E-state index in [-0.39, 0.29) is 48.2 Å². The van der Waals surface area contributed by atoms with Crippen LogP contribution in [0.1, 0.15) is 19.2 Å². The van der Waals surface area contributed by atoms with Crippen LogP contribution in [0.3, 0.4) is 0 Å². The highest BCUT2D eigenvalue weighted by Gasteiger charge is 2.18. The minimum Gasteiger partial charge on any atom is -0.441 e. The predicted molar refractivity (Wildman–Crippen MR) is 94.6 cm³/mol. The minimum atomic E-state index is -1.04. The van der Waals surface area contributed by atoms with E-state index in [4.69, 9.17) is 4.42 Å². The van der Waals surface area contributed by atoms with Crippen LogP contribution in [-0.2, 0) is 11.2 Å². The number of nitrogens with zero attached hydrogens (tertiary/aromatic N) is 2. The van der Waals surface area contributed by atoms with Crippen LogP contribution >= 0.6 is 0 Å². The number of carbonyl (C=O) groups is 1. The molecule has 0 radical (unpaired) electrons. The van der Waals surface area contributed by atoms with Crippen molar-refractivity contribution in [3.63, 3.8) is 0 Å². The zero-order valence-corrected chi connectivity index (χ0v) is 14.9. The van der Waals surface area contributed by atoms with Gasteiger partial charge in [0.05, 0.1) is 11.8 Å². The Morgan fingerprint density at radius 1 is 1.04 bits per heavy atom. The van der Waals surface area contributed by atoms with E-state index in [1.165, 1.54) is 23.2 Å². The van der Waals surface area contributed by atoms with E-state index in [2.05, 4.69) is 4.98 Å². The molecule has 146 valence electrons. The fourth-order valence-electron chi connectivity index (χ4n) is 2.74. The van der Waals surface area contributed by atoms with Crippen LogP contribution in [0.15, 0.2) is 47.0 Å². The number of aryl methyl sites for hydroxylation is 1. The topological polar surface area (TPSA) is 46.3 Å². The zero-order chi connectivity index (χ0) is 20.3. The molecule has 0 bridgehead atoms. The fraction of sp³-hybridized carbons (Fsp3) is 0.200. The summed E-state index contributed by atoms with van der Waals surface area (Å²) in [7, 11) is 0. The third-order valence-corrected chi connectivity index (χ3v) is 4.14. The van der Waals surface area contributed by atoms with E-state index in [9.17, 15) is 22.4 Å². The first kappa shape index (κ1) is 19.6. The summed E-state index contributed by atoms with van der Waals surface area (Å²) < 4.78 is 58.8. The van der Waals surface area contributed by atoms with E-state index < -0.39 is 23.3 Å². The van der Waals surface area contributed by atoms with Gasteiger partial charge in [-0.05, 0) is 31.2 Å². The summed E-state index contributed by atoms with van der Waals surface area (Å²) in [4.78, 5) is 17.8. The molecule has 3 rings (SSSR count). The standard InChI is InChI=1S/C20H16F4N2O2/c1-2-26(13-4-6-15(22)17(24)10-13)20(27)8-7-19-25-11-18(28-19)14-5-3-12(21)9-16(14)23/h3-6,9-11H,2,7-8H2,1H3. The molecule has 2 aromatic carbocycles. The molecule has 4 nitrogen and oxygen atoms in total. The summed E-state index contributed by atoms with van der Waals surface area (Å²) in [5, 5.41) is 0. The van der Waals surface area contributed by atoms with Crippen molar-refractivity contribution in [2.24, 2.45) is 0 Å². The number of anilines is 1. The summed E-state index contributed by atoms with van der Waals surface area (Å²) in [6.45, 7) is 1.97. The van der Waals surface area contributed by atoms with Crippen molar-refractivity contribution in [2.45, 2.75) is 19.8 Å². The van der Waals surface area contributed by atoms with Gasteiger partial charge in [-0.25, -0.2) is 22.5 Å². The Balaban J connectivity index is 1.68. The maximum absolute atomic E-state index is 13.8. The lowest BCUT2D eigenvalue weighted by atomic mass is 10.2. The Bertz CT molecular complexity index is 1000. The van der Waals surface area contributed by atoms with Crippen LogP contribution in [0.4, 0.5) is 23.2 Å². The molecule has 3 aromatic rings. The summed E-state index contributed by atoms with van der Waals surface area (Å²) in [5.41, 5.74) is 0.302. The number of oxazole rings is 1. The van der Waals surface area contributed by atoms with E-state index in [1.54, 1.807) is 6.92 Å². The molecule has 0 N–H and O–H groups in total. The molecule has 8 heteroatoms. The Hall–Kier alpha value is -3.16. The number of rotatable bonds is 6. The van der Waals surface area contributed by atoms with Crippen LogP contribution in [-0.4, -0.2) is 17.4 Å². The van der Waals surface area contributed by atoms with Crippen LogP contribution in [0.25, 0.3) is 11.3 Å². The lowest BCUT2D eigenvalue weighted by molar-refractivity contribution is -0.118. The molecular formula is C20H16F4N2O2. The molecule has 0 saturated heterocycles. The van der Waals surface area contributed by atoms with Crippen molar-refractivity contribution in [2.75, 3.05) is 11.4 Å². The Morgan fingerprint density at radius 3 is 2.50 bits per heavy atom. The Labute approximate surface area is 158 Å². The number of amides is 1. The molecule has 0 aliphatic heterocycles. The zero-order valence-electron chi connectivity index (χ0n) is 14.9. The number of hydrogen-bond acceptors (Lipinski definition) is 3. The first-order valence-electron chi connectivity index (χ1n) is 8.54. The molecule has 0 fully saturated rings. The molecule has 0 aliphatic carbocycles. The highest BCUT2D eigenvalue weighted by molar-refractivity contribution is 5.93. The van der Waals surface area contributed by atoms with Gasteiger partial charge in [0.2, 0.25) is 5.91 Å². The molecule has 1 heterocycles. The van der Waals surface area contributed by atoms with Crippen LogP contribution < -0.4 is 4.90 Å². The summed E-state index contributed by atoms with van der Waals surface area (Å²) >= 11 is 0. The SMILES string of the molecule is CCN(C(=O)CCc1ncc(-c2ccc(F)cc2F)o1)c1ccc(F)c(F)c1. The molecule has 0 spiro atoms. The van der Waals surface area contributed by atoms with Gasteiger partial charge in [0, 0.05) is 37.2 Å². The van der Waals surface area contributed by atoms with Crippen molar-refractivity contribution in [3.8, 4) is 11.3 Å². The molecule has 0 atom stereocenters. The minimum absolute atomic E-state index is 0.00130. The van der Waals surface area contributed by atoms with Gasteiger partial charge in [-0.15, -0.1) is 0 Å².